The predicted molar refractivity (Wildman–Crippen MR) is 48.4 cm³/mol. The molecular weight excluding hydrogens is 152 g/mol. The second-order valence-corrected chi connectivity index (χ2v) is 2.32. The van der Waals surface area contributed by atoms with E-state index in [0.29, 0.717) is 5.95 Å². The maximum Gasteiger partial charge on any atom is 0.239 e. The van der Waals surface area contributed by atoms with Crippen molar-refractivity contribution in [3.63, 3.8) is 0 Å². The van der Waals surface area contributed by atoms with Gasteiger partial charge in [0.15, 0.2) is 0 Å². The summed E-state index contributed by atoms with van der Waals surface area (Å²) >= 11 is 0. The van der Waals surface area contributed by atoms with E-state index >= 15 is 0 Å². The number of allylic oxidation sites excluding steroid dienone is 3. The second-order valence-electron chi connectivity index (χ2n) is 2.32. The summed E-state index contributed by atoms with van der Waals surface area (Å²) in [6.45, 7) is 4.37. The first-order valence-electron chi connectivity index (χ1n) is 3.75. The SMILES string of the molecule is C=C/C=C/CCn1cnc(N)n1. The molecule has 0 saturated heterocycles. The molecule has 1 heterocycles. The van der Waals surface area contributed by atoms with Crippen molar-refractivity contribution in [1.82, 2.24) is 14.8 Å². The predicted octanol–water partition coefficient (Wildman–Crippen LogP) is 0.993. The number of aryl methyl sites for hydroxylation is 1. The topological polar surface area (TPSA) is 56.7 Å². The summed E-state index contributed by atoms with van der Waals surface area (Å²) in [5.74, 6) is 0.322. The summed E-state index contributed by atoms with van der Waals surface area (Å²) in [4.78, 5) is 3.80. The maximum absolute atomic E-state index is 5.33. The number of nitrogens with zero attached hydrogens (tertiary/aromatic N) is 3. The molecule has 0 radical (unpaired) electrons. The van der Waals surface area contributed by atoms with E-state index in [1.165, 1.54) is 0 Å². The zero-order valence-electron chi connectivity index (χ0n) is 6.85. The lowest BCUT2D eigenvalue weighted by atomic mass is 10.4. The molecule has 0 aromatic carbocycles. The van der Waals surface area contributed by atoms with Crippen LogP contribution in [-0.4, -0.2) is 14.8 Å². The molecule has 4 heteroatoms. The van der Waals surface area contributed by atoms with Crippen LogP contribution in [0.4, 0.5) is 5.95 Å². The van der Waals surface area contributed by atoms with Crippen molar-refractivity contribution < 1.29 is 0 Å². The fourth-order valence-electron chi connectivity index (χ4n) is 0.816. The molecule has 1 aromatic heterocycles. The van der Waals surface area contributed by atoms with Crippen LogP contribution in [-0.2, 0) is 6.54 Å². The Bertz CT molecular complexity index is 274. The van der Waals surface area contributed by atoms with Crippen molar-refractivity contribution in [2.75, 3.05) is 5.73 Å². The smallest absolute Gasteiger partial charge is 0.239 e. The number of rotatable bonds is 4. The van der Waals surface area contributed by atoms with Crippen LogP contribution >= 0.6 is 0 Å². The Balaban J connectivity index is 2.33. The quantitative estimate of drug-likeness (QED) is 0.675. The molecule has 64 valence electrons. The van der Waals surface area contributed by atoms with Gasteiger partial charge in [0.25, 0.3) is 0 Å². The largest absolute Gasteiger partial charge is 0.367 e. The highest BCUT2D eigenvalue weighted by Crippen LogP contribution is 1.93. The molecule has 0 fully saturated rings. The second kappa shape index (κ2) is 4.33. The molecule has 0 unspecified atom stereocenters. The van der Waals surface area contributed by atoms with Crippen molar-refractivity contribution in [3.8, 4) is 0 Å². The lowest BCUT2D eigenvalue weighted by molar-refractivity contribution is 0.624. The fourth-order valence-corrected chi connectivity index (χ4v) is 0.816. The molecule has 2 N–H and O–H groups in total. The Kier molecular flexibility index (Phi) is 3.07. The van der Waals surface area contributed by atoms with Crippen molar-refractivity contribution in [2.45, 2.75) is 13.0 Å². The molecule has 0 atom stereocenters. The minimum absolute atomic E-state index is 0.322. The zero-order chi connectivity index (χ0) is 8.81. The Morgan fingerprint density at radius 1 is 1.67 bits per heavy atom. The Hall–Kier alpha value is -1.58. The van der Waals surface area contributed by atoms with Gasteiger partial charge < -0.3 is 5.73 Å². The van der Waals surface area contributed by atoms with E-state index in [4.69, 9.17) is 5.73 Å². The minimum Gasteiger partial charge on any atom is -0.367 e. The van der Waals surface area contributed by atoms with Crippen LogP contribution in [0.1, 0.15) is 6.42 Å². The number of nitrogen functional groups attached to an aromatic ring is 1. The highest BCUT2D eigenvalue weighted by molar-refractivity contribution is 5.09. The fraction of sp³-hybridized carbons (Fsp3) is 0.250. The first kappa shape index (κ1) is 8.52. The van der Waals surface area contributed by atoms with Crippen molar-refractivity contribution >= 4 is 5.95 Å². The average Bonchev–Trinajstić information content (AvgIpc) is 2.45. The number of hydrogen-bond acceptors (Lipinski definition) is 3. The van der Waals surface area contributed by atoms with Crippen molar-refractivity contribution in [3.05, 3.63) is 31.1 Å². The monoisotopic (exact) mass is 164 g/mol. The van der Waals surface area contributed by atoms with E-state index in [9.17, 15) is 0 Å². The third-order valence-corrected chi connectivity index (χ3v) is 1.35. The molecule has 4 nitrogen and oxygen atoms in total. The molecule has 0 amide bonds. The molecule has 0 aliphatic rings. The van der Waals surface area contributed by atoms with Gasteiger partial charge in [-0.15, -0.1) is 5.10 Å². The Morgan fingerprint density at radius 2 is 2.50 bits per heavy atom. The molecule has 0 bridgehead atoms. The summed E-state index contributed by atoms with van der Waals surface area (Å²) in [5, 5.41) is 3.93. The molecule has 12 heavy (non-hydrogen) atoms. The maximum atomic E-state index is 5.33. The lowest BCUT2D eigenvalue weighted by Crippen LogP contribution is -1.98. The normalized spacial score (nSPS) is 10.7. The Labute approximate surface area is 71.4 Å². The summed E-state index contributed by atoms with van der Waals surface area (Å²) in [7, 11) is 0. The third-order valence-electron chi connectivity index (χ3n) is 1.35. The lowest BCUT2D eigenvalue weighted by Gasteiger charge is -1.93. The summed E-state index contributed by atoms with van der Waals surface area (Å²) < 4.78 is 1.71. The van der Waals surface area contributed by atoms with Gasteiger partial charge >= 0.3 is 0 Å². The van der Waals surface area contributed by atoms with Gasteiger partial charge in [0.2, 0.25) is 5.95 Å². The zero-order valence-corrected chi connectivity index (χ0v) is 6.85. The van der Waals surface area contributed by atoms with Gasteiger partial charge in [0, 0.05) is 6.54 Å². The van der Waals surface area contributed by atoms with Crippen molar-refractivity contribution in [1.29, 1.82) is 0 Å². The Morgan fingerprint density at radius 3 is 3.08 bits per heavy atom. The first-order valence-corrected chi connectivity index (χ1v) is 3.75. The molecule has 1 aromatic rings. The van der Waals surface area contributed by atoms with E-state index in [0.717, 1.165) is 13.0 Å². The van der Waals surface area contributed by atoms with Crippen LogP contribution in [0.3, 0.4) is 0 Å². The van der Waals surface area contributed by atoms with E-state index < -0.39 is 0 Å². The van der Waals surface area contributed by atoms with Crippen LogP contribution in [0.5, 0.6) is 0 Å². The van der Waals surface area contributed by atoms with Crippen molar-refractivity contribution in [2.24, 2.45) is 0 Å². The summed E-state index contributed by atoms with van der Waals surface area (Å²) in [6.07, 6.45) is 8.20. The number of nitrogens with two attached hydrogens (primary N) is 1. The van der Waals surface area contributed by atoms with Gasteiger partial charge in [0.05, 0.1) is 0 Å². The highest BCUT2D eigenvalue weighted by atomic mass is 15.3. The number of hydrogen-bond donors (Lipinski definition) is 1. The van der Waals surface area contributed by atoms with E-state index in [1.807, 2.05) is 12.2 Å². The standard InChI is InChI=1S/C8H12N4/c1-2-3-4-5-6-12-7-10-8(9)11-12/h2-4,7H,1,5-6H2,(H2,9,11)/b4-3+. The molecule has 1 rings (SSSR count). The third kappa shape index (κ3) is 2.57. The van der Waals surface area contributed by atoms with Crippen LogP contribution in [0.25, 0.3) is 0 Å². The molecule has 0 aliphatic carbocycles. The molecule has 0 saturated carbocycles. The van der Waals surface area contributed by atoms with E-state index in [1.54, 1.807) is 17.1 Å². The van der Waals surface area contributed by atoms with Crippen LogP contribution in [0.2, 0.25) is 0 Å². The van der Waals surface area contributed by atoms with Crippen LogP contribution in [0, 0.1) is 0 Å². The van der Waals surface area contributed by atoms with Gasteiger partial charge in [-0.1, -0.05) is 24.8 Å². The molecule has 0 aliphatic heterocycles. The number of anilines is 1. The molecule has 0 spiro atoms. The van der Waals surface area contributed by atoms with Gasteiger partial charge in [0.1, 0.15) is 6.33 Å². The van der Waals surface area contributed by atoms with E-state index in [2.05, 4.69) is 16.7 Å². The van der Waals surface area contributed by atoms with Crippen LogP contribution in [0.15, 0.2) is 31.1 Å². The summed E-state index contributed by atoms with van der Waals surface area (Å²) in [6, 6.07) is 0. The first-order chi connectivity index (χ1) is 5.83. The van der Waals surface area contributed by atoms with Gasteiger partial charge in [-0.05, 0) is 6.42 Å². The average molecular weight is 164 g/mol. The minimum atomic E-state index is 0.322. The van der Waals surface area contributed by atoms with Gasteiger partial charge in [-0.3, -0.25) is 4.68 Å². The summed E-state index contributed by atoms with van der Waals surface area (Å²) in [5.41, 5.74) is 5.33. The highest BCUT2D eigenvalue weighted by Gasteiger charge is 1.92. The van der Waals surface area contributed by atoms with Gasteiger partial charge in [-0.25, -0.2) is 4.98 Å². The number of aromatic nitrogens is 3. The van der Waals surface area contributed by atoms with Gasteiger partial charge in [-0.2, -0.15) is 0 Å². The van der Waals surface area contributed by atoms with Crippen LogP contribution < -0.4 is 5.73 Å². The molecular formula is C8H12N4. The van der Waals surface area contributed by atoms with E-state index in [-0.39, 0.29) is 0 Å².